The fourth-order valence-electron chi connectivity index (χ4n) is 0.173. The molecule has 0 saturated heterocycles. The number of nitrogens with two attached hydrogens (primary N) is 1. The lowest BCUT2D eigenvalue weighted by Gasteiger charge is -2.03. The van der Waals surface area contributed by atoms with Crippen LogP contribution in [0.25, 0.3) is 0 Å². The van der Waals surface area contributed by atoms with E-state index in [0.717, 1.165) is 6.54 Å². The average Bonchev–Trinajstić information content (AvgIpc) is 1.89. The lowest BCUT2D eigenvalue weighted by Crippen LogP contribution is -2.07. The van der Waals surface area contributed by atoms with Crippen molar-refractivity contribution in [2.45, 2.75) is 6.92 Å². The molecule has 0 saturated carbocycles. The van der Waals surface area contributed by atoms with Crippen LogP contribution in [0.1, 0.15) is 6.92 Å². The number of nitrogens with zero attached hydrogens (tertiary/aromatic N) is 5. The van der Waals surface area contributed by atoms with E-state index in [4.69, 9.17) is 0 Å². The zero-order valence-corrected chi connectivity index (χ0v) is 5.52. The summed E-state index contributed by atoms with van der Waals surface area (Å²) in [6, 6.07) is 0. The fourth-order valence-corrected chi connectivity index (χ4v) is 0.173. The summed E-state index contributed by atoms with van der Waals surface area (Å²) in [6.45, 7) is 2.72. The van der Waals surface area contributed by atoms with Gasteiger partial charge in [0.1, 0.15) is 0 Å². The monoisotopic (exact) mass is 130 g/mol. The van der Waals surface area contributed by atoms with Gasteiger partial charge in [-0.15, -0.1) is 0 Å². The molecule has 2 N–H and O–H groups in total. The van der Waals surface area contributed by atoms with Crippen LogP contribution in [0.4, 0.5) is 0 Å². The van der Waals surface area contributed by atoms with Crippen LogP contribution in [-0.2, 0) is 0 Å². The summed E-state index contributed by atoms with van der Waals surface area (Å²) in [6.07, 6.45) is 0. The lowest BCUT2D eigenvalue weighted by molar-refractivity contribution is 0.343. The van der Waals surface area contributed by atoms with Crippen molar-refractivity contribution in [3.8, 4) is 0 Å². The standard InChI is InChI=1S/C3H10N6/c1-3-9(2)8-7-6-5-4/h3H2,1-2H3,(H2,4,6,8). The first kappa shape index (κ1) is 7.80. The lowest BCUT2D eigenvalue weighted by atomic mass is 10.8. The van der Waals surface area contributed by atoms with Crippen molar-refractivity contribution in [3.63, 3.8) is 0 Å². The molecule has 0 amide bonds. The average molecular weight is 130 g/mol. The summed E-state index contributed by atoms with van der Waals surface area (Å²) in [5.74, 6) is 4.64. The zero-order chi connectivity index (χ0) is 7.11. The van der Waals surface area contributed by atoms with E-state index in [1.165, 1.54) is 0 Å². The Hall–Kier alpha value is -1.20. The quantitative estimate of drug-likeness (QED) is 0.344. The molecule has 0 radical (unpaired) electrons. The molecule has 6 heteroatoms. The Bertz CT molecular complexity index is 107. The van der Waals surface area contributed by atoms with Crippen molar-refractivity contribution in [3.05, 3.63) is 0 Å². The second-order valence-corrected chi connectivity index (χ2v) is 1.36. The topological polar surface area (TPSA) is 78.7 Å². The maximum Gasteiger partial charge on any atom is 0.0346 e. The van der Waals surface area contributed by atoms with Gasteiger partial charge >= 0.3 is 0 Å². The van der Waals surface area contributed by atoms with Crippen molar-refractivity contribution in [1.82, 2.24) is 5.01 Å². The number of hydrogen-bond acceptors (Lipinski definition) is 2. The molecule has 0 atom stereocenters. The van der Waals surface area contributed by atoms with Gasteiger partial charge in [0.05, 0.1) is 0 Å². The third-order valence-electron chi connectivity index (χ3n) is 0.742. The van der Waals surface area contributed by atoms with Gasteiger partial charge in [0.2, 0.25) is 0 Å². The van der Waals surface area contributed by atoms with Gasteiger partial charge < -0.3 is 5.84 Å². The van der Waals surface area contributed by atoms with Crippen LogP contribution in [-0.4, -0.2) is 18.6 Å². The Balaban J connectivity index is 3.43. The molecule has 0 aliphatic rings. The van der Waals surface area contributed by atoms with E-state index in [0.29, 0.717) is 0 Å². The Morgan fingerprint density at radius 2 is 2.11 bits per heavy atom. The molecule has 0 unspecified atom stereocenters. The smallest absolute Gasteiger partial charge is 0.0346 e. The highest BCUT2D eigenvalue weighted by Crippen LogP contribution is 1.83. The zero-order valence-electron chi connectivity index (χ0n) is 5.52. The number of hydrogen-bond donors (Lipinski definition) is 1. The van der Waals surface area contributed by atoms with Crippen LogP contribution in [0.5, 0.6) is 0 Å². The second-order valence-electron chi connectivity index (χ2n) is 1.36. The molecule has 0 aliphatic carbocycles. The van der Waals surface area contributed by atoms with Crippen LogP contribution in [0.3, 0.4) is 0 Å². The van der Waals surface area contributed by atoms with E-state index in [1.807, 2.05) is 6.92 Å². The molecule has 0 rings (SSSR count). The normalized spacial score (nSPS) is 11.3. The third-order valence-corrected chi connectivity index (χ3v) is 0.742. The second kappa shape index (κ2) is 4.95. The molecule has 6 nitrogen and oxygen atoms in total. The highest BCUT2D eigenvalue weighted by molar-refractivity contribution is 4.27. The van der Waals surface area contributed by atoms with E-state index in [9.17, 15) is 0 Å². The summed E-state index contributed by atoms with van der Waals surface area (Å²) in [7, 11) is 1.77. The first-order chi connectivity index (χ1) is 4.31. The highest BCUT2D eigenvalue weighted by Gasteiger charge is 1.81. The van der Waals surface area contributed by atoms with Crippen LogP contribution >= 0.6 is 0 Å². The molecule has 0 spiro atoms. The minimum atomic E-state index is 0.781. The van der Waals surface area contributed by atoms with Crippen molar-refractivity contribution < 1.29 is 0 Å². The van der Waals surface area contributed by atoms with Gasteiger partial charge in [0.15, 0.2) is 0 Å². The minimum Gasteiger partial charge on any atom is -0.303 e. The van der Waals surface area contributed by atoms with Gasteiger partial charge in [-0.05, 0) is 22.6 Å². The summed E-state index contributed by atoms with van der Waals surface area (Å²) in [5.41, 5.74) is 0. The highest BCUT2D eigenvalue weighted by atomic mass is 15.6. The Morgan fingerprint density at radius 1 is 1.44 bits per heavy atom. The van der Waals surface area contributed by atoms with Crippen LogP contribution in [0.15, 0.2) is 20.9 Å². The molecular weight excluding hydrogens is 120 g/mol. The molecule has 0 heterocycles. The van der Waals surface area contributed by atoms with Crippen molar-refractivity contribution in [2.75, 3.05) is 13.6 Å². The predicted molar refractivity (Wildman–Crippen MR) is 32.2 cm³/mol. The van der Waals surface area contributed by atoms with Crippen molar-refractivity contribution >= 4 is 0 Å². The predicted octanol–water partition coefficient (Wildman–Crippen LogP) is 0.546. The summed E-state index contributed by atoms with van der Waals surface area (Å²) < 4.78 is 0. The Labute approximate surface area is 53.4 Å². The van der Waals surface area contributed by atoms with Crippen LogP contribution in [0.2, 0.25) is 0 Å². The molecule has 0 aromatic carbocycles. The Morgan fingerprint density at radius 3 is 2.56 bits per heavy atom. The van der Waals surface area contributed by atoms with Gasteiger partial charge in [0.25, 0.3) is 0 Å². The summed E-state index contributed by atoms with van der Waals surface area (Å²) in [5, 5.41) is 14.4. The molecule has 0 aromatic heterocycles. The van der Waals surface area contributed by atoms with Gasteiger partial charge in [-0.2, -0.15) is 0 Å². The summed E-state index contributed by atoms with van der Waals surface area (Å²) >= 11 is 0. The molecule has 0 fully saturated rings. The van der Waals surface area contributed by atoms with Gasteiger partial charge in [0, 0.05) is 13.6 Å². The first-order valence-corrected chi connectivity index (χ1v) is 2.53. The third kappa shape index (κ3) is 4.66. The maximum atomic E-state index is 4.64. The Kier molecular flexibility index (Phi) is 4.29. The van der Waals surface area contributed by atoms with E-state index in [1.54, 1.807) is 12.1 Å². The maximum absolute atomic E-state index is 4.64. The van der Waals surface area contributed by atoms with Crippen molar-refractivity contribution in [2.24, 2.45) is 26.7 Å². The summed E-state index contributed by atoms with van der Waals surface area (Å²) in [4.78, 5) is 0. The largest absolute Gasteiger partial charge is 0.303 e. The van der Waals surface area contributed by atoms with E-state index in [-0.39, 0.29) is 0 Å². The fraction of sp³-hybridized carbons (Fsp3) is 1.00. The molecule has 52 valence electrons. The first-order valence-electron chi connectivity index (χ1n) is 2.53. The molecule has 9 heavy (non-hydrogen) atoms. The van der Waals surface area contributed by atoms with E-state index < -0.39 is 0 Å². The van der Waals surface area contributed by atoms with Gasteiger partial charge in [-0.3, -0.25) is 5.01 Å². The molecular formula is C3H10N6. The minimum absolute atomic E-state index is 0.781. The van der Waals surface area contributed by atoms with Crippen molar-refractivity contribution in [1.29, 1.82) is 0 Å². The SMILES string of the molecule is CCN(C)N=NN=NN. The van der Waals surface area contributed by atoms with Crippen LogP contribution < -0.4 is 5.84 Å². The molecule has 0 aromatic rings. The van der Waals surface area contributed by atoms with Crippen LogP contribution in [0, 0.1) is 0 Å². The van der Waals surface area contributed by atoms with E-state index in [2.05, 4.69) is 26.7 Å². The van der Waals surface area contributed by atoms with Gasteiger partial charge in [-0.25, -0.2) is 0 Å². The number of rotatable bonds is 3. The van der Waals surface area contributed by atoms with E-state index >= 15 is 0 Å². The molecule has 0 bridgehead atoms. The molecule has 0 aliphatic heterocycles. The van der Waals surface area contributed by atoms with Gasteiger partial charge in [-0.1, -0.05) is 5.22 Å².